The van der Waals surface area contributed by atoms with Crippen molar-refractivity contribution in [1.82, 2.24) is 0 Å². The van der Waals surface area contributed by atoms with Crippen LogP contribution >= 0.6 is 0 Å². The van der Waals surface area contributed by atoms with Gasteiger partial charge in [-0.25, -0.2) is 9.18 Å². The van der Waals surface area contributed by atoms with Crippen molar-refractivity contribution in [2.75, 3.05) is 6.54 Å². The van der Waals surface area contributed by atoms with Gasteiger partial charge < -0.3 is 10.5 Å². The molecule has 0 radical (unpaired) electrons. The first-order chi connectivity index (χ1) is 7.04. The van der Waals surface area contributed by atoms with Crippen molar-refractivity contribution in [2.45, 2.75) is 18.9 Å². The fraction of sp³-hybridized carbons (Fsp3) is 0.364. The van der Waals surface area contributed by atoms with Crippen LogP contribution in [-0.2, 0) is 11.2 Å². The molecule has 1 heterocycles. The van der Waals surface area contributed by atoms with Crippen LogP contribution in [0.4, 0.5) is 4.39 Å². The Morgan fingerprint density at radius 3 is 3.00 bits per heavy atom. The highest BCUT2D eigenvalue weighted by Crippen LogP contribution is 2.27. The Bertz CT molecular complexity index is 419. The number of rotatable bonds is 1. The summed E-state index contributed by atoms with van der Waals surface area (Å²) >= 11 is 0. The summed E-state index contributed by atoms with van der Waals surface area (Å²) in [6, 6.07) is 4.15. The zero-order chi connectivity index (χ0) is 11.1. The van der Waals surface area contributed by atoms with Crippen molar-refractivity contribution in [3.8, 4) is 0 Å². The summed E-state index contributed by atoms with van der Waals surface area (Å²) in [5.74, 6) is -0.925. The van der Waals surface area contributed by atoms with Crippen LogP contribution in [0.2, 0.25) is 0 Å². The third kappa shape index (κ3) is 1.72. The molecule has 1 atom stereocenters. The lowest BCUT2D eigenvalue weighted by Gasteiger charge is -2.33. The first-order valence-corrected chi connectivity index (χ1v) is 4.76. The van der Waals surface area contributed by atoms with Gasteiger partial charge in [-0.1, -0.05) is 6.07 Å². The fourth-order valence-corrected chi connectivity index (χ4v) is 1.72. The van der Waals surface area contributed by atoms with E-state index in [1.54, 1.807) is 13.0 Å². The number of carbonyl (C=O) groups excluding carboxylic acids is 1. The van der Waals surface area contributed by atoms with Crippen LogP contribution in [-0.4, -0.2) is 18.1 Å². The average molecular weight is 209 g/mol. The zero-order valence-corrected chi connectivity index (χ0v) is 8.42. The number of cyclic esters (lactones) is 1. The number of hydrogen-bond acceptors (Lipinski definition) is 3. The minimum absolute atomic E-state index is 0.259. The molecule has 0 spiro atoms. The van der Waals surface area contributed by atoms with Gasteiger partial charge in [0.05, 0.1) is 5.56 Å². The van der Waals surface area contributed by atoms with E-state index in [1.807, 2.05) is 0 Å². The van der Waals surface area contributed by atoms with Gasteiger partial charge in [-0.15, -0.1) is 0 Å². The molecule has 1 aromatic carbocycles. The van der Waals surface area contributed by atoms with Crippen molar-refractivity contribution in [2.24, 2.45) is 5.73 Å². The number of esters is 1. The third-order valence-corrected chi connectivity index (χ3v) is 2.63. The number of benzene rings is 1. The molecular formula is C11H12FNO2. The molecular weight excluding hydrogens is 197 g/mol. The van der Waals surface area contributed by atoms with Crippen molar-refractivity contribution >= 4 is 5.97 Å². The Morgan fingerprint density at radius 2 is 2.33 bits per heavy atom. The molecule has 15 heavy (non-hydrogen) atoms. The third-order valence-electron chi connectivity index (χ3n) is 2.63. The van der Waals surface area contributed by atoms with E-state index in [4.69, 9.17) is 10.5 Å². The number of halogens is 1. The van der Waals surface area contributed by atoms with E-state index in [2.05, 4.69) is 0 Å². The largest absolute Gasteiger partial charge is 0.454 e. The zero-order valence-electron chi connectivity index (χ0n) is 8.42. The summed E-state index contributed by atoms with van der Waals surface area (Å²) in [6.07, 6.45) is 0.533. The number of fused-ring (bicyclic) bond motifs is 1. The Balaban J connectivity index is 2.45. The van der Waals surface area contributed by atoms with Crippen LogP contribution in [0.5, 0.6) is 0 Å². The molecule has 3 nitrogen and oxygen atoms in total. The van der Waals surface area contributed by atoms with Crippen molar-refractivity contribution < 1.29 is 13.9 Å². The Kier molecular flexibility index (Phi) is 2.23. The minimum atomic E-state index is -0.665. The minimum Gasteiger partial charge on any atom is -0.454 e. The molecule has 1 unspecified atom stereocenters. The summed E-state index contributed by atoms with van der Waals surface area (Å²) in [4.78, 5) is 11.6. The molecule has 80 valence electrons. The van der Waals surface area contributed by atoms with Crippen LogP contribution in [0.25, 0.3) is 0 Å². The fourth-order valence-electron chi connectivity index (χ4n) is 1.72. The highest BCUT2D eigenvalue weighted by atomic mass is 19.1. The second-order valence-corrected chi connectivity index (χ2v) is 4.02. The van der Waals surface area contributed by atoms with Gasteiger partial charge in [0.25, 0.3) is 0 Å². The summed E-state index contributed by atoms with van der Waals surface area (Å²) < 4.78 is 18.1. The van der Waals surface area contributed by atoms with Gasteiger partial charge in [0.1, 0.15) is 11.4 Å². The van der Waals surface area contributed by atoms with E-state index in [0.717, 1.165) is 5.56 Å². The van der Waals surface area contributed by atoms with Crippen LogP contribution in [0.15, 0.2) is 18.2 Å². The molecule has 2 rings (SSSR count). The van der Waals surface area contributed by atoms with E-state index >= 15 is 0 Å². The molecule has 0 amide bonds. The van der Waals surface area contributed by atoms with E-state index in [-0.39, 0.29) is 6.54 Å². The van der Waals surface area contributed by atoms with Crippen LogP contribution in [0.3, 0.4) is 0 Å². The topological polar surface area (TPSA) is 52.3 Å². The SMILES string of the molecule is CC1(CN)Cc2ccc(F)cc2C(=O)O1. The van der Waals surface area contributed by atoms with Gasteiger partial charge >= 0.3 is 5.97 Å². The summed E-state index contributed by atoms with van der Waals surface area (Å²) in [7, 11) is 0. The monoisotopic (exact) mass is 209 g/mol. The van der Waals surface area contributed by atoms with Crippen LogP contribution < -0.4 is 5.73 Å². The lowest BCUT2D eigenvalue weighted by molar-refractivity contribution is -0.0111. The molecule has 1 aromatic rings. The number of nitrogens with two attached hydrogens (primary N) is 1. The second kappa shape index (κ2) is 3.31. The molecule has 1 aliphatic heterocycles. The Hall–Kier alpha value is -1.42. The first-order valence-electron chi connectivity index (χ1n) is 4.76. The van der Waals surface area contributed by atoms with E-state index in [0.29, 0.717) is 12.0 Å². The Morgan fingerprint density at radius 1 is 1.60 bits per heavy atom. The van der Waals surface area contributed by atoms with Gasteiger partial charge in [-0.3, -0.25) is 0 Å². The van der Waals surface area contributed by atoms with Crippen molar-refractivity contribution in [1.29, 1.82) is 0 Å². The normalized spacial score (nSPS) is 24.6. The van der Waals surface area contributed by atoms with Gasteiger partial charge in [-0.2, -0.15) is 0 Å². The van der Waals surface area contributed by atoms with Crippen molar-refractivity contribution in [3.63, 3.8) is 0 Å². The van der Waals surface area contributed by atoms with E-state index in [1.165, 1.54) is 12.1 Å². The predicted octanol–water partition coefficient (Wildman–Crippen LogP) is 1.26. The van der Waals surface area contributed by atoms with Crippen molar-refractivity contribution in [3.05, 3.63) is 35.1 Å². The maximum Gasteiger partial charge on any atom is 0.339 e. The van der Waals surface area contributed by atoms with Gasteiger partial charge in [0, 0.05) is 13.0 Å². The summed E-state index contributed by atoms with van der Waals surface area (Å²) in [5.41, 5.74) is 5.97. The molecule has 0 bridgehead atoms. The number of hydrogen-bond donors (Lipinski definition) is 1. The molecule has 0 saturated carbocycles. The van der Waals surface area contributed by atoms with Crippen LogP contribution in [0.1, 0.15) is 22.8 Å². The lowest BCUT2D eigenvalue weighted by atomic mass is 9.90. The second-order valence-electron chi connectivity index (χ2n) is 4.02. The molecule has 0 aliphatic carbocycles. The average Bonchev–Trinajstić information content (AvgIpc) is 2.20. The lowest BCUT2D eigenvalue weighted by Crippen LogP contribution is -2.45. The standard InChI is InChI=1S/C11H12FNO2/c1-11(6-13)5-7-2-3-8(12)4-9(7)10(14)15-11/h2-4H,5-6,13H2,1H3. The maximum atomic E-state index is 12.9. The summed E-state index contributed by atoms with van der Waals surface area (Å²) in [6.45, 7) is 2.03. The maximum absolute atomic E-state index is 12.9. The van der Waals surface area contributed by atoms with Gasteiger partial charge in [0.2, 0.25) is 0 Å². The number of ether oxygens (including phenoxy) is 1. The van der Waals surface area contributed by atoms with Gasteiger partial charge in [0.15, 0.2) is 0 Å². The summed E-state index contributed by atoms with van der Waals surface area (Å²) in [5, 5.41) is 0. The highest BCUT2D eigenvalue weighted by Gasteiger charge is 2.35. The molecule has 0 aromatic heterocycles. The Labute approximate surface area is 87.0 Å². The van der Waals surface area contributed by atoms with E-state index in [9.17, 15) is 9.18 Å². The van der Waals surface area contributed by atoms with Crippen LogP contribution in [0, 0.1) is 5.82 Å². The molecule has 4 heteroatoms. The smallest absolute Gasteiger partial charge is 0.339 e. The number of carbonyl (C=O) groups is 1. The first kappa shape index (κ1) is 10.1. The highest BCUT2D eigenvalue weighted by molar-refractivity contribution is 5.92. The molecule has 2 N–H and O–H groups in total. The quantitative estimate of drug-likeness (QED) is 0.708. The molecule has 0 fully saturated rings. The van der Waals surface area contributed by atoms with Gasteiger partial charge in [-0.05, 0) is 24.6 Å². The van der Waals surface area contributed by atoms with E-state index < -0.39 is 17.4 Å². The molecule has 1 aliphatic rings. The molecule has 0 saturated heterocycles. The predicted molar refractivity (Wildman–Crippen MR) is 53.0 cm³/mol.